The van der Waals surface area contributed by atoms with Gasteiger partial charge in [0.2, 0.25) is 5.79 Å². The average molecular weight is 267 g/mol. The Morgan fingerprint density at radius 1 is 1.58 bits per heavy atom. The summed E-state index contributed by atoms with van der Waals surface area (Å²) in [5.41, 5.74) is 6.31. The second-order valence-electron chi connectivity index (χ2n) is 4.80. The lowest BCUT2D eigenvalue weighted by atomic mass is 10.0. The maximum absolute atomic E-state index is 10.5. The van der Waals surface area contributed by atoms with Gasteiger partial charge in [0.25, 0.3) is 0 Å². The SMILES string of the molecule is CC1(C)OCc2cc([C@H](O)COC(N)=O)ccc2O1. The second-order valence-corrected chi connectivity index (χ2v) is 4.80. The first-order valence-corrected chi connectivity index (χ1v) is 5.93. The molecule has 0 aromatic heterocycles. The van der Waals surface area contributed by atoms with Crippen molar-refractivity contribution < 1.29 is 24.1 Å². The third-order valence-electron chi connectivity index (χ3n) is 2.78. The monoisotopic (exact) mass is 267 g/mol. The topological polar surface area (TPSA) is 91.0 Å². The first-order valence-electron chi connectivity index (χ1n) is 5.93. The first-order chi connectivity index (χ1) is 8.87. The Labute approximate surface area is 111 Å². The van der Waals surface area contributed by atoms with Gasteiger partial charge in [0.05, 0.1) is 6.61 Å². The summed E-state index contributed by atoms with van der Waals surface area (Å²) in [5.74, 6) is 0.0744. The predicted molar refractivity (Wildman–Crippen MR) is 66.4 cm³/mol. The van der Waals surface area contributed by atoms with Crippen molar-refractivity contribution in [3.05, 3.63) is 29.3 Å². The summed E-state index contributed by atoms with van der Waals surface area (Å²) in [5, 5.41) is 9.86. The van der Waals surface area contributed by atoms with E-state index < -0.39 is 18.0 Å². The van der Waals surface area contributed by atoms with E-state index in [9.17, 15) is 9.90 Å². The summed E-state index contributed by atoms with van der Waals surface area (Å²) in [6.45, 7) is 3.89. The van der Waals surface area contributed by atoms with Crippen LogP contribution in [-0.2, 0) is 16.1 Å². The van der Waals surface area contributed by atoms with E-state index in [0.717, 1.165) is 11.3 Å². The molecule has 1 heterocycles. The highest BCUT2D eigenvalue weighted by Crippen LogP contribution is 2.32. The van der Waals surface area contributed by atoms with Crippen molar-refractivity contribution in [2.24, 2.45) is 5.73 Å². The van der Waals surface area contributed by atoms with Gasteiger partial charge in [-0.05, 0) is 17.7 Å². The van der Waals surface area contributed by atoms with Crippen LogP contribution in [0.1, 0.15) is 31.1 Å². The molecule has 1 aromatic rings. The smallest absolute Gasteiger partial charge is 0.404 e. The van der Waals surface area contributed by atoms with Crippen molar-refractivity contribution in [1.29, 1.82) is 0 Å². The van der Waals surface area contributed by atoms with Crippen LogP contribution >= 0.6 is 0 Å². The minimum Gasteiger partial charge on any atom is -0.463 e. The Morgan fingerprint density at radius 3 is 3.00 bits per heavy atom. The van der Waals surface area contributed by atoms with Crippen molar-refractivity contribution in [1.82, 2.24) is 0 Å². The number of carbonyl (C=O) groups is 1. The van der Waals surface area contributed by atoms with Crippen LogP contribution < -0.4 is 10.5 Å². The quantitative estimate of drug-likeness (QED) is 0.865. The van der Waals surface area contributed by atoms with Crippen molar-refractivity contribution in [3.8, 4) is 5.75 Å². The summed E-state index contributed by atoms with van der Waals surface area (Å²) in [7, 11) is 0. The van der Waals surface area contributed by atoms with Gasteiger partial charge < -0.3 is 25.1 Å². The molecule has 0 fully saturated rings. The highest BCUT2D eigenvalue weighted by Gasteiger charge is 2.27. The summed E-state index contributed by atoms with van der Waals surface area (Å²) in [6.07, 6.45) is -1.84. The van der Waals surface area contributed by atoms with E-state index in [1.165, 1.54) is 0 Å². The number of aliphatic hydroxyl groups excluding tert-OH is 1. The molecule has 1 amide bonds. The van der Waals surface area contributed by atoms with E-state index in [2.05, 4.69) is 4.74 Å². The highest BCUT2D eigenvalue weighted by molar-refractivity contribution is 5.64. The van der Waals surface area contributed by atoms with Crippen molar-refractivity contribution >= 4 is 6.09 Å². The van der Waals surface area contributed by atoms with Crippen LogP contribution in [0.5, 0.6) is 5.75 Å². The van der Waals surface area contributed by atoms with Crippen LogP contribution in [0.3, 0.4) is 0 Å². The number of hydrogen-bond donors (Lipinski definition) is 2. The van der Waals surface area contributed by atoms with Gasteiger partial charge >= 0.3 is 6.09 Å². The second kappa shape index (κ2) is 5.07. The maximum atomic E-state index is 10.5. The first kappa shape index (κ1) is 13.6. The number of carbonyl (C=O) groups excluding carboxylic acids is 1. The van der Waals surface area contributed by atoms with Gasteiger partial charge in [-0.25, -0.2) is 4.79 Å². The number of primary amides is 1. The standard InChI is InChI=1S/C13H17NO5/c1-13(2)18-6-9-5-8(3-4-11(9)19-13)10(15)7-17-12(14)16/h3-5,10,15H,6-7H2,1-2H3,(H2,14,16)/t10-/m1/s1. The molecule has 0 unspecified atom stereocenters. The molecule has 19 heavy (non-hydrogen) atoms. The van der Waals surface area contributed by atoms with E-state index in [-0.39, 0.29) is 6.61 Å². The van der Waals surface area contributed by atoms with Crippen molar-refractivity contribution in [3.63, 3.8) is 0 Å². The molecular formula is C13H17NO5. The van der Waals surface area contributed by atoms with Gasteiger partial charge in [-0.2, -0.15) is 0 Å². The number of fused-ring (bicyclic) bond motifs is 1. The fraction of sp³-hybridized carbons (Fsp3) is 0.462. The molecule has 0 aliphatic carbocycles. The van der Waals surface area contributed by atoms with Gasteiger partial charge in [0, 0.05) is 19.4 Å². The summed E-state index contributed by atoms with van der Waals surface area (Å²) >= 11 is 0. The number of benzene rings is 1. The van der Waals surface area contributed by atoms with Crippen LogP contribution in [0.2, 0.25) is 0 Å². The zero-order valence-corrected chi connectivity index (χ0v) is 10.9. The number of aliphatic hydroxyl groups is 1. The summed E-state index contributed by atoms with van der Waals surface area (Å²) in [4.78, 5) is 10.5. The molecule has 0 saturated carbocycles. The molecule has 0 radical (unpaired) electrons. The van der Waals surface area contributed by atoms with Gasteiger partial charge in [0.15, 0.2) is 0 Å². The molecule has 6 heteroatoms. The minimum absolute atomic E-state index is 0.179. The number of amides is 1. The average Bonchev–Trinajstić information content (AvgIpc) is 2.34. The zero-order valence-electron chi connectivity index (χ0n) is 10.9. The molecule has 3 N–H and O–H groups in total. The van der Waals surface area contributed by atoms with E-state index in [4.69, 9.17) is 15.2 Å². The Hall–Kier alpha value is -1.79. The molecule has 0 spiro atoms. The minimum atomic E-state index is -0.923. The third-order valence-corrected chi connectivity index (χ3v) is 2.78. The van der Waals surface area contributed by atoms with Crippen LogP contribution in [-0.4, -0.2) is 23.6 Å². The lowest BCUT2D eigenvalue weighted by Gasteiger charge is -2.32. The molecule has 104 valence electrons. The largest absolute Gasteiger partial charge is 0.463 e. The molecule has 6 nitrogen and oxygen atoms in total. The lowest BCUT2D eigenvalue weighted by molar-refractivity contribution is -0.180. The molecule has 1 aromatic carbocycles. The van der Waals surface area contributed by atoms with Crippen LogP contribution in [0, 0.1) is 0 Å². The van der Waals surface area contributed by atoms with Gasteiger partial charge in [0.1, 0.15) is 18.5 Å². The fourth-order valence-corrected chi connectivity index (χ4v) is 1.82. The van der Waals surface area contributed by atoms with Gasteiger partial charge in [-0.15, -0.1) is 0 Å². The van der Waals surface area contributed by atoms with Crippen molar-refractivity contribution in [2.75, 3.05) is 6.61 Å². The fourth-order valence-electron chi connectivity index (χ4n) is 1.82. The van der Waals surface area contributed by atoms with Crippen LogP contribution in [0.4, 0.5) is 4.79 Å². The Morgan fingerprint density at radius 2 is 2.32 bits per heavy atom. The highest BCUT2D eigenvalue weighted by atomic mass is 16.7. The summed E-state index contributed by atoms with van der Waals surface area (Å²) < 4.78 is 15.7. The van der Waals surface area contributed by atoms with E-state index >= 15 is 0 Å². The molecular weight excluding hydrogens is 250 g/mol. The molecule has 1 aliphatic rings. The Balaban J connectivity index is 2.11. The van der Waals surface area contributed by atoms with Gasteiger partial charge in [-0.3, -0.25) is 0 Å². The van der Waals surface area contributed by atoms with E-state index in [1.54, 1.807) is 18.2 Å². The Kier molecular flexibility index (Phi) is 3.64. The molecule has 1 aliphatic heterocycles. The number of hydrogen-bond acceptors (Lipinski definition) is 5. The zero-order chi connectivity index (χ0) is 14.0. The molecule has 0 saturated heterocycles. The van der Waals surface area contributed by atoms with Gasteiger partial charge in [-0.1, -0.05) is 6.07 Å². The number of ether oxygens (including phenoxy) is 3. The van der Waals surface area contributed by atoms with E-state index in [0.29, 0.717) is 12.2 Å². The van der Waals surface area contributed by atoms with E-state index in [1.807, 2.05) is 13.8 Å². The van der Waals surface area contributed by atoms with Crippen LogP contribution in [0.25, 0.3) is 0 Å². The third kappa shape index (κ3) is 3.36. The van der Waals surface area contributed by atoms with Crippen molar-refractivity contribution in [2.45, 2.75) is 32.3 Å². The predicted octanol–water partition coefficient (Wildman–Crippen LogP) is 1.46. The number of nitrogens with two attached hydrogens (primary N) is 1. The molecule has 1 atom stereocenters. The lowest BCUT2D eigenvalue weighted by Crippen LogP contribution is -2.35. The molecule has 2 rings (SSSR count). The molecule has 0 bridgehead atoms. The van der Waals surface area contributed by atoms with Crippen LogP contribution in [0.15, 0.2) is 18.2 Å². The normalized spacial score (nSPS) is 18.1. The summed E-state index contributed by atoms with van der Waals surface area (Å²) in [6, 6.07) is 5.25. The maximum Gasteiger partial charge on any atom is 0.404 e. The Bertz CT molecular complexity index is 486. The number of rotatable bonds is 3.